The topological polar surface area (TPSA) is 76.4 Å². The standard InChI is InChI=1S/C20H26N6OS/c1-4-27-18-10-6-5-8-16(18)12-21-20(22-13-17-9-7-11-28-17)23-14-19-25-24-15(2)26(19)3/h5-11H,4,12-14H2,1-3H3,(H2,21,22,23). The van der Waals surface area contributed by atoms with Crippen molar-refractivity contribution in [3.8, 4) is 5.75 Å². The molecule has 0 aliphatic carbocycles. The van der Waals surface area contributed by atoms with Crippen molar-refractivity contribution in [3.63, 3.8) is 0 Å². The molecule has 2 aromatic heterocycles. The zero-order chi connectivity index (χ0) is 19.8. The highest BCUT2D eigenvalue weighted by Gasteiger charge is 2.08. The Morgan fingerprint density at radius 3 is 2.68 bits per heavy atom. The van der Waals surface area contributed by atoms with Gasteiger partial charge in [-0.05, 0) is 31.4 Å². The quantitative estimate of drug-likeness (QED) is 0.451. The van der Waals surface area contributed by atoms with Crippen LogP contribution in [0, 0.1) is 6.92 Å². The number of nitrogens with one attached hydrogen (secondary N) is 2. The fourth-order valence-corrected chi connectivity index (χ4v) is 3.27. The molecule has 3 aromatic rings. The zero-order valence-electron chi connectivity index (χ0n) is 16.5. The first-order valence-electron chi connectivity index (χ1n) is 9.27. The van der Waals surface area contributed by atoms with Crippen LogP contribution in [0.4, 0.5) is 0 Å². The number of para-hydroxylation sites is 1. The van der Waals surface area contributed by atoms with Crippen molar-refractivity contribution in [2.75, 3.05) is 6.61 Å². The molecule has 0 amide bonds. The number of aryl methyl sites for hydroxylation is 1. The summed E-state index contributed by atoms with van der Waals surface area (Å²) in [5, 5.41) is 17.1. The molecule has 0 unspecified atom stereocenters. The molecule has 2 N–H and O–H groups in total. The van der Waals surface area contributed by atoms with E-state index in [2.05, 4.69) is 32.3 Å². The lowest BCUT2D eigenvalue weighted by atomic mass is 10.2. The van der Waals surface area contributed by atoms with E-state index in [1.807, 2.05) is 55.8 Å². The molecule has 0 bridgehead atoms. The monoisotopic (exact) mass is 398 g/mol. The third kappa shape index (κ3) is 5.32. The van der Waals surface area contributed by atoms with Crippen LogP contribution >= 0.6 is 11.3 Å². The van der Waals surface area contributed by atoms with Crippen LogP contribution in [-0.4, -0.2) is 27.3 Å². The Hall–Kier alpha value is -2.87. The molecule has 2 heterocycles. The maximum Gasteiger partial charge on any atom is 0.192 e. The largest absolute Gasteiger partial charge is 0.494 e. The first kappa shape index (κ1) is 19.9. The number of ether oxygens (including phenoxy) is 1. The van der Waals surface area contributed by atoms with Gasteiger partial charge in [-0.3, -0.25) is 0 Å². The van der Waals surface area contributed by atoms with Gasteiger partial charge in [0, 0.05) is 17.5 Å². The SMILES string of the molecule is CCOc1ccccc1CN=C(NCc1cccs1)NCc1nnc(C)n1C. The molecule has 3 rings (SSSR count). The van der Waals surface area contributed by atoms with Gasteiger partial charge >= 0.3 is 0 Å². The third-order valence-corrected chi connectivity index (χ3v) is 5.16. The summed E-state index contributed by atoms with van der Waals surface area (Å²) in [6.07, 6.45) is 0. The molecule has 0 atom stereocenters. The number of hydrogen-bond acceptors (Lipinski definition) is 5. The minimum Gasteiger partial charge on any atom is -0.494 e. The highest BCUT2D eigenvalue weighted by molar-refractivity contribution is 7.09. The summed E-state index contributed by atoms with van der Waals surface area (Å²) >= 11 is 1.72. The lowest BCUT2D eigenvalue weighted by molar-refractivity contribution is 0.336. The molecule has 148 valence electrons. The summed E-state index contributed by atoms with van der Waals surface area (Å²) in [6.45, 7) is 6.33. The predicted octanol–water partition coefficient (Wildman–Crippen LogP) is 3.02. The van der Waals surface area contributed by atoms with Gasteiger partial charge in [0.25, 0.3) is 0 Å². The van der Waals surface area contributed by atoms with Gasteiger partial charge in [0.15, 0.2) is 11.8 Å². The van der Waals surface area contributed by atoms with Crippen molar-refractivity contribution < 1.29 is 4.74 Å². The van der Waals surface area contributed by atoms with Crippen LogP contribution < -0.4 is 15.4 Å². The van der Waals surface area contributed by atoms with Crippen molar-refractivity contribution >= 4 is 17.3 Å². The van der Waals surface area contributed by atoms with E-state index in [1.165, 1.54) is 4.88 Å². The summed E-state index contributed by atoms with van der Waals surface area (Å²) < 4.78 is 7.67. The molecule has 0 saturated heterocycles. The van der Waals surface area contributed by atoms with Gasteiger partial charge in [-0.25, -0.2) is 4.99 Å². The Bertz CT molecular complexity index is 903. The molecule has 0 saturated carbocycles. The lowest BCUT2D eigenvalue weighted by Crippen LogP contribution is -2.37. The van der Waals surface area contributed by atoms with Crippen LogP contribution in [0.5, 0.6) is 5.75 Å². The van der Waals surface area contributed by atoms with E-state index in [1.54, 1.807) is 11.3 Å². The molecule has 0 spiro atoms. The van der Waals surface area contributed by atoms with E-state index in [0.717, 1.165) is 28.9 Å². The van der Waals surface area contributed by atoms with E-state index in [4.69, 9.17) is 9.73 Å². The summed E-state index contributed by atoms with van der Waals surface area (Å²) in [7, 11) is 1.96. The van der Waals surface area contributed by atoms with Crippen LogP contribution in [0.2, 0.25) is 0 Å². The molecular weight excluding hydrogens is 372 g/mol. The maximum absolute atomic E-state index is 5.71. The fourth-order valence-electron chi connectivity index (χ4n) is 2.62. The van der Waals surface area contributed by atoms with Crippen LogP contribution in [0.15, 0.2) is 46.8 Å². The van der Waals surface area contributed by atoms with Crippen molar-refractivity contribution in [1.82, 2.24) is 25.4 Å². The minimum absolute atomic E-state index is 0.522. The molecule has 0 radical (unpaired) electrons. The van der Waals surface area contributed by atoms with Crippen LogP contribution in [0.3, 0.4) is 0 Å². The van der Waals surface area contributed by atoms with Gasteiger partial charge in [-0.1, -0.05) is 24.3 Å². The second kappa shape index (κ2) is 9.89. The Kier molecular flexibility index (Phi) is 7.02. The number of guanidine groups is 1. The van der Waals surface area contributed by atoms with Gasteiger partial charge in [-0.15, -0.1) is 21.5 Å². The van der Waals surface area contributed by atoms with E-state index >= 15 is 0 Å². The second-order valence-electron chi connectivity index (χ2n) is 6.21. The molecule has 0 fully saturated rings. The summed E-state index contributed by atoms with van der Waals surface area (Å²) in [5.41, 5.74) is 1.05. The first-order valence-corrected chi connectivity index (χ1v) is 10.2. The maximum atomic E-state index is 5.71. The average Bonchev–Trinajstić information content (AvgIpc) is 3.33. The van der Waals surface area contributed by atoms with Gasteiger partial charge in [0.05, 0.1) is 26.2 Å². The zero-order valence-corrected chi connectivity index (χ0v) is 17.3. The van der Waals surface area contributed by atoms with Gasteiger partial charge in [-0.2, -0.15) is 0 Å². The summed E-state index contributed by atoms with van der Waals surface area (Å²) in [6, 6.07) is 12.1. The first-order chi connectivity index (χ1) is 13.7. The Balaban J connectivity index is 1.71. The van der Waals surface area contributed by atoms with Gasteiger partial charge < -0.3 is 19.9 Å². The third-order valence-electron chi connectivity index (χ3n) is 4.29. The van der Waals surface area contributed by atoms with Crippen molar-refractivity contribution in [1.29, 1.82) is 0 Å². The fraction of sp³-hybridized carbons (Fsp3) is 0.350. The molecule has 28 heavy (non-hydrogen) atoms. The normalized spacial score (nSPS) is 11.5. The number of nitrogens with zero attached hydrogens (tertiary/aromatic N) is 4. The Morgan fingerprint density at radius 1 is 1.14 bits per heavy atom. The molecule has 1 aromatic carbocycles. The smallest absolute Gasteiger partial charge is 0.192 e. The van der Waals surface area contributed by atoms with Crippen LogP contribution in [-0.2, 0) is 26.7 Å². The number of aromatic nitrogens is 3. The van der Waals surface area contributed by atoms with E-state index in [0.29, 0.717) is 26.2 Å². The van der Waals surface area contributed by atoms with E-state index in [-0.39, 0.29) is 0 Å². The molecule has 7 nitrogen and oxygen atoms in total. The Morgan fingerprint density at radius 2 is 1.96 bits per heavy atom. The number of thiophene rings is 1. The van der Waals surface area contributed by atoms with Crippen molar-refractivity contribution in [2.24, 2.45) is 12.0 Å². The minimum atomic E-state index is 0.522. The van der Waals surface area contributed by atoms with E-state index in [9.17, 15) is 0 Å². The van der Waals surface area contributed by atoms with Gasteiger partial charge in [0.1, 0.15) is 11.6 Å². The molecule has 0 aliphatic heterocycles. The van der Waals surface area contributed by atoms with Crippen molar-refractivity contribution in [3.05, 3.63) is 63.9 Å². The summed E-state index contributed by atoms with van der Waals surface area (Å²) in [4.78, 5) is 6.00. The van der Waals surface area contributed by atoms with E-state index < -0.39 is 0 Å². The molecular formula is C20H26N6OS. The van der Waals surface area contributed by atoms with Gasteiger partial charge in [0.2, 0.25) is 0 Å². The number of aliphatic imine (C=N–C) groups is 1. The molecule has 0 aliphatic rings. The highest BCUT2D eigenvalue weighted by atomic mass is 32.1. The second-order valence-corrected chi connectivity index (χ2v) is 7.25. The number of hydrogen-bond donors (Lipinski definition) is 2. The van der Waals surface area contributed by atoms with Crippen LogP contribution in [0.25, 0.3) is 0 Å². The Labute approximate surface area is 169 Å². The number of rotatable bonds is 8. The highest BCUT2D eigenvalue weighted by Crippen LogP contribution is 2.18. The van der Waals surface area contributed by atoms with Crippen LogP contribution in [0.1, 0.15) is 29.0 Å². The summed E-state index contributed by atoms with van der Waals surface area (Å²) in [5.74, 6) is 3.33. The molecule has 8 heteroatoms. The number of benzene rings is 1. The average molecular weight is 399 g/mol. The lowest BCUT2D eigenvalue weighted by Gasteiger charge is -2.13. The van der Waals surface area contributed by atoms with Crippen molar-refractivity contribution in [2.45, 2.75) is 33.5 Å². The predicted molar refractivity (Wildman–Crippen MR) is 112 cm³/mol.